The Labute approximate surface area is 141 Å². The van der Waals surface area contributed by atoms with Gasteiger partial charge < -0.3 is 5.32 Å². The molecular weight excluding hydrogens is 339 g/mol. The molecule has 0 bridgehead atoms. The number of urea groups is 1. The molecule has 4 amide bonds. The van der Waals surface area contributed by atoms with Crippen molar-refractivity contribution in [3.05, 3.63) is 35.4 Å². The molecule has 6 nitrogen and oxygen atoms in total. The maximum absolute atomic E-state index is 12.5. The fourth-order valence-electron chi connectivity index (χ4n) is 3.19. The Bertz CT molecular complexity index is 710. The number of hydrogen-bond donors (Lipinski definition) is 2. The summed E-state index contributed by atoms with van der Waals surface area (Å²) in [6.07, 6.45) is -0.927. The highest BCUT2D eigenvalue weighted by atomic mass is 19.4. The molecular formula is C16H16F3N3O3. The number of imide groups is 1. The first-order valence-electron chi connectivity index (χ1n) is 7.88. The van der Waals surface area contributed by atoms with Crippen molar-refractivity contribution in [3.63, 3.8) is 0 Å². The summed E-state index contributed by atoms with van der Waals surface area (Å²) in [6, 6.07) is 2.79. The van der Waals surface area contributed by atoms with Crippen molar-refractivity contribution in [2.45, 2.75) is 43.8 Å². The molecule has 3 rings (SSSR count). The summed E-state index contributed by atoms with van der Waals surface area (Å²) < 4.78 is 37.6. The largest absolute Gasteiger partial charge is 0.416 e. The number of amides is 4. The fourth-order valence-corrected chi connectivity index (χ4v) is 3.19. The van der Waals surface area contributed by atoms with Crippen molar-refractivity contribution in [2.75, 3.05) is 0 Å². The van der Waals surface area contributed by atoms with Crippen LogP contribution in [0.3, 0.4) is 0 Å². The predicted molar refractivity (Wildman–Crippen MR) is 80.1 cm³/mol. The van der Waals surface area contributed by atoms with Crippen LogP contribution in [-0.2, 0) is 11.0 Å². The van der Waals surface area contributed by atoms with E-state index < -0.39 is 35.1 Å². The van der Waals surface area contributed by atoms with Gasteiger partial charge in [-0.2, -0.15) is 18.2 Å². The zero-order valence-electron chi connectivity index (χ0n) is 13.2. The predicted octanol–water partition coefficient (Wildman–Crippen LogP) is 2.60. The smallest absolute Gasteiger partial charge is 0.322 e. The second-order valence-corrected chi connectivity index (χ2v) is 6.23. The molecule has 0 radical (unpaired) electrons. The van der Waals surface area contributed by atoms with Crippen LogP contribution in [-0.4, -0.2) is 28.4 Å². The van der Waals surface area contributed by atoms with E-state index in [1.54, 1.807) is 0 Å². The maximum Gasteiger partial charge on any atom is 0.416 e. The minimum absolute atomic E-state index is 0.0850. The van der Waals surface area contributed by atoms with Crippen molar-refractivity contribution in [1.29, 1.82) is 0 Å². The van der Waals surface area contributed by atoms with Gasteiger partial charge >= 0.3 is 12.2 Å². The van der Waals surface area contributed by atoms with Gasteiger partial charge in [0.15, 0.2) is 0 Å². The molecule has 1 aromatic rings. The average Bonchev–Trinajstić information content (AvgIpc) is 2.79. The first kappa shape index (κ1) is 17.2. The lowest BCUT2D eigenvalue weighted by atomic mass is 9.82. The van der Waals surface area contributed by atoms with Gasteiger partial charge in [0.2, 0.25) is 0 Å². The molecule has 1 aliphatic heterocycles. The van der Waals surface area contributed by atoms with E-state index in [4.69, 9.17) is 0 Å². The van der Waals surface area contributed by atoms with Crippen LogP contribution in [0, 0.1) is 0 Å². The molecule has 2 aliphatic rings. The van der Waals surface area contributed by atoms with E-state index in [0.717, 1.165) is 43.5 Å². The summed E-state index contributed by atoms with van der Waals surface area (Å²) in [5.41, 5.74) is 0.219. The Morgan fingerprint density at radius 1 is 1.08 bits per heavy atom. The Balaban J connectivity index is 1.72. The summed E-state index contributed by atoms with van der Waals surface area (Å²) in [4.78, 5) is 36.7. The number of carbonyl (C=O) groups excluding carboxylic acids is 3. The molecule has 2 fully saturated rings. The van der Waals surface area contributed by atoms with E-state index in [1.807, 2.05) is 0 Å². The van der Waals surface area contributed by atoms with Gasteiger partial charge in [0.1, 0.15) is 5.54 Å². The fraction of sp³-hybridized carbons (Fsp3) is 0.438. The third kappa shape index (κ3) is 3.18. The number of nitrogens with zero attached hydrogens (tertiary/aromatic N) is 1. The molecule has 2 N–H and O–H groups in total. The summed E-state index contributed by atoms with van der Waals surface area (Å²) in [6.45, 7) is 0. The molecule has 1 aliphatic carbocycles. The molecule has 0 atom stereocenters. The lowest BCUT2D eigenvalue weighted by molar-refractivity contribution is -0.137. The number of rotatable bonds is 2. The van der Waals surface area contributed by atoms with Crippen LogP contribution in [0.5, 0.6) is 0 Å². The first-order chi connectivity index (χ1) is 11.7. The Kier molecular flexibility index (Phi) is 4.18. The van der Waals surface area contributed by atoms with Crippen LogP contribution < -0.4 is 10.7 Å². The van der Waals surface area contributed by atoms with Crippen LogP contribution in [0.1, 0.15) is 48.0 Å². The van der Waals surface area contributed by atoms with E-state index in [9.17, 15) is 27.6 Å². The molecule has 1 spiro atoms. The van der Waals surface area contributed by atoms with Crippen LogP contribution in [0.25, 0.3) is 0 Å². The number of halogens is 3. The molecule has 0 unspecified atom stereocenters. The molecule has 1 saturated carbocycles. The van der Waals surface area contributed by atoms with Crippen molar-refractivity contribution in [2.24, 2.45) is 0 Å². The SMILES string of the molecule is O=C(NN1C(=O)NC2(CCCCC2)C1=O)c1ccc(C(F)(F)F)cc1. The third-order valence-electron chi connectivity index (χ3n) is 4.56. The Morgan fingerprint density at radius 3 is 2.24 bits per heavy atom. The van der Waals surface area contributed by atoms with E-state index in [2.05, 4.69) is 10.7 Å². The monoisotopic (exact) mass is 355 g/mol. The minimum atomic E-state index is -4.51. The van der Waals surface area contributed by atoms with Crippen molar-refractivity contribution in [1.82, 2.24) is 15.8 Å². The van der Waals surface area contributed by atoms with Crippen molar-refractivity contribution >= 4 is 17.8 Å². The van der Waals surface area contributed by atoms with E-state index in [-0.39, 0.29) is 5.56 Å². The van der Waals surface area contributed by atoms with E-state index >= 15 is 0 Å². The second kappa shape index (κ2) is 6.05. The highest BCUT2D eigenvalue weighted by molar-refractivity contribution is 6.09. The van der Waals surface area contributed by atoms with Gasteiger partial charge in [-0.25, -0.2) is 4.79 Å². The molecule has 1 heterocycles. The Hall–Kier alpha value is -2.58. The van der Waals surface area contributed by atoms with Gasteiger partial charge in [-0.15, -0.1) is 0 Å². The topological polar surface area (TPSA) is 78.5 Å². The zero-order chi connectivity index (χ0) is 18.2. The quantitative estimate of drug-likeness (QED) is 0.801. The van der Waals surface area contributed by atoms with Crippen LogP contribution in [0.2, 0.25) is 0 Å². The average molecular weight is 355 g/mol. The second-order valence-electron chi connectivity index (χ2n) is 6.23. The number of benzene rings is 1. The standard InChI is InChI=1S/C16H16F3N3O3/c17-16(18,19)11-6-4-10(5-7-11)12(23)21-22-13(24)15(20-14(22)25)8-2-1-3-9-15/h4-7H,1-3,8-9H2,(H,20,25)(H,21,23). The van der Waals surface area contributed by atoms with Gasteiger partial charge in [-0.3, -0.25) is 15.0 Å². The number of carbonyl (C=O) groups is 3. The van der Waals surface area contributed by atoms with E-state index in [0.29, 0.717) is 17.9 Å². The molecule has 9 heteroatoms. The summed E-state index contributed by atoms with van der Waals surface area (Å²) in [5.74, 6) is -1.36. The number of alkyl halides is 3. The van der Waals surface area contributed by atoms with Crippen LogP contribution >= 0.6 is 0 Å². The molecule has 1 aromatic carbocycles. The lowest BCUT2D eigenvalue weighted by Crippen LogP contribution is -2.50. The minimum Gasteiger partial charge on any atom is -0.322 e. The summed E-state index contributed by atoms with van der Waals surface area (Å²) in [5, 5.41) is 3.25. The highest BCUT2D eigenvalue weighted by Gasteiger charge is 2.52. The number of hydrogen-bond acceptors (Lipinski definition) is 3. The summed E-state index contributed by atoms with van der Waals surface area (Å²) >= 11 is 0. The van der Waals surface area contributed by atoms with Gasteiger partial charge in [0.25, 0.3) is 11.8 Å². The summed E-state index contributed by atoms with van der Waals surface area (Å²) in [7, 11) is 0. The van der Waals surface area contributed by atoms with Crippen molar-refractivity contribution in [3.8, 4) is 0 Å². The van der Waals surface area contributed by atoms with Gasteiger partial charge in [-0.1, -0.05) is 19.3 Å². The normalized spacial score (nSPS) is 19.9. The third-order valence-corrected chi connectivity index (χ3v) is 4.56. The first-order valence-corrected chi connectivity index (χ1v) is 7.88. The van der Waals surface area contributed by atoms with Crippen molar-refractivity contribution < 1.29 is 27.6 Å². The number of hydrazine groups is 1. The molecule has 0 aromatic heterocycles. The van der Waals surface area contributed by atoms with Crippen LogP contribution in [0.4, 0.5) is 18.0 Å². The van der Waals surface area contributed by atoms with E-state index in [1.165, 1.54) is 0 Å². The zero-order valence-corrected chi connectivity index (χ0v) is 13.2. The van der Waals surface area contributed by atoms with Gasteiger partial charge in [0, 0.05) is 5.56 Å². The lowest BCUT2D eigenvalue weighted by Gasteiger charge is -2.30. The number of nitrogens with one attached hydrogen (secondary N) is 2. The van der Waals surface area contributed by atoms with Gasteiger partial charge in [0.05, 0.1) is 5.56 Å². The maximum atomic E-state index is 12.5. The Morgan fingerprint density at radius 2 is 1.68 bits per heavy atom. The van der Waals surface area contributed by atoms with Gasteiger partial charge in [-0.05, 0) is 37.1 Å². The highest BCUT2D eigenvalue weighted by Crippen LogP contribution is 2.33. The molecule has 1 saturated heterocycles. The molecule has 134 valence electrons. The van der Waals surface area contributed by atoms with Crippen LogP contribution in [0.15, 0.2) is 24.3 Å². The molecule has 25 heavy (non-hydrogen) atoms.